The third kappa shape index (κ3) is 31.8. The highest BCUT2D eigenvalue weighted by Gasteiger charge is 2.14. The van der Waals surface area contributed by atoms with Crippen LogP contribution in [0.4, 0.5) is 91.0 Å². The Morgan fingerprint density at radius 2 is 0.748 bits per heavy atom. The Hall–Kier alpha value is -18.4. The number of ether oxygens (including phenoxy) is 6. The Balaban J connectivity index is 0.000000153. The Morgan fingerprint density at radius 1 is 0.356 bits per heavy atom. The predicted octanol–water partition coefficient (Wildman–Crippen LogP) is 23.6. The Morgan fingerprint density at radius 3 is 1.22 bits per heavy atom. The van der Waals surface area contributed by atoms with E-state index in [9.17, 15) is 23.6 Å². The molecule has 0 aliphatic rings. The molecule has 32 heteroatoms. The fraction of sp³-hybridized carbons (Fsp3) is 0.0485. The number of hydrogen-bond acceptors (Lipinski definition) is 27. The normalized spacial score (nSPS) is 10.5. The molecule has 0 saturated carbocycles. The molecule has 0 radical (unpaired) electrons. The highest BCUT2D eigenvalue weighted by molar-refractivity contribution is 6.32. The molecule has 0 aliphatic carbocycles. The number of anilines is 15. The van der Waals surface area contributed by atoms with Crippen molar-refractivity contribution < 1.29 is 52.0 Å². The van der Waals surface area contributed by atoms with Gasteiger partial charge in [0.15, 0.2) is 5.78 Å². The maximum atomic E-state index is 13.3. The topological polar surface area (TPSA) is 364 Å². The molecule has 16 aromatic rings. The van der Waals surface area contributed by atoms with Gasteiger partial charge in [0, 0.05) is 70.9 Å². The number of nitrogens with one attached hydrogen (secondary N) is 9. The summed E-state index contributed by atoms with van der Waals surface area (Å²) in [6.07, 6.45) is 14.6. The maximum absolute atomic E-state index is 13.3. The van der Waals surface area contributed by atoms with Gasteiger partial charge in [0.05, 0.1) is 5.02 Å². The molecule has 10 aromatic carbocycles. The summed E-state index contributed by atoms with van der Waals surface area (Å²) >= 11 is 6.37. The van der Waals surface area contributed by atoms with Crippen molar-refractivity contribution in [2.75, 3.05) is 68.5 Å². The van der Waals surface area contributed by atoms with Gasteiger partial charge in [-0.05, 0) is 239 Å². The molecule has 0 aliphatic heterocycles. The molecule has 30 nitrogen and oxygen atoms in total. The number of pyridine rings is 2. The molecule has 674 valence electrons. The first-order valence-corrected chi connectivity index (χ1v) is 42.0. The van der Waals surface area contributed by atoms with E-state index in [1.54, 1.807) is 164 Å². The lowest BCUT2D eigenvalue weighted by Crippen LogP contribution is -2.13. The molecule has 0 atom stereocenters. The van der Waals surface area contributed by atoms with Crippen LogP contribution in [0.25, 0.3) is 0 Å². The van der Waals surface area contributed by atoms with E-state index in [2.05, 4.69) is 111 Å². The first kappa shape index (κ1) is 94.3. The van der Waals surface area contributed by atoms with Gasteiger partial charge in [-0.1, -0.05) is 134 Å². The molecule has 3 amide bonds. The Kier molecular flexibility index (Phi) is 34.4. The van der Waals surface area contributed by atoms with Crippen molar-refractivity contribution in [2.45, 2.75) is 13.5 Å². The monoisotopic (exact) mass is 1820 g/mol. The van der Waals surface area contributed by atoms with Crippen LogP contribution >= 0.6 is 11.6 Å². The number of halogens is 2. The summed E-state index contributed by atoms with van der Waals surface area (Å²) < 4.78 is 48.1. The van der Waals surface area contributed by atoms with Crippen molar-refractivity contribution in [1.82, 2.24) is 54.7 Å². The third-order valence-corrected chi connectivity index (χ3v) is 18.3. The van der Waals surface area contributed by atoms with Gasteiger partial charge in [-0.2, -0.15) is 0 Å². The van der Waals surface area contributed by atoms with E-state index in [1.165, 1.54) is 55.7 Å². The Labute approximate surface area is 781 Å². The average Bonchev–Trinajstić information content (AvgIpc) is 0.849. The van der Waals surface area contributed by atoms with Crippen molar-refractivity contribution >= 4 is 122 Å². The van der Waals surface area contributed by atoms with Crippen LogP contribution in [0.3, 0.4) is 0 Å². The molecule has 16 rings (SSSR count). The maximum Gasteiger partial charge on any atom is 0.249 e. The zero-order valence-electron chi connectivity index (χ0n) is 72.9. The lowest BCUT2D eigenvalue weighted by molar-refractivity contribution is -0.112. The first-order valence-electron chi connectivity index (χ1n) is 41.6. The minimum atomic E-state index is -0.340. The molecule has 0 spiro atoms. The van der Waals surface area contributed by atoms with Crippen molar-refractivity contribution in [2.24, 2.45) is 0 Å². The highest BCUT2D eigenvalue weighted by Crippen LogP contribution is 2.34. The van der Waals surface area contributed by atoms with Gasteiger partial charge in [0.1, 0.15) is 148 Å². The second kappa shape index (κ2) is 49.3. The van der Waals surface area contributed by atoms with Crippen molar-refractivity contribution in [3.8, 4) is 63.5 Å². The number of amides is 3. The standard InChI is InChI=1S/C27H26N6O3.C26H21ClFN5O2.C26H22N4O2.C24H19N5O3/c1-33(2)17-7-12-26(34)32-24-11-6-10-23(30-24)31-25-18-27(29-19-28-25)36-22-15-13-21(14-16-22)35-20-8-4-3-5-9-20;1-2-26(34)33-20-8-4-7-19(12-20)31-24-14-25(30-16-29-24)32-21-9-10-23(22(27)13-21)35-15-17-5-3-6-18(28)11-17;1-2-7-24(31)19-8-6-9-21(16-19)30-26-17-25(27-18-28-26)29-20-12-14-23(15-13-20)32-22-10-4-3-5-11-22;1-2-23(30)29-21-10-6-9-20(27-21)28-22-15-24(26-16-25-22)32-19-13-11-18(12-14-19)31-17-7-4-3-5-8-17/h3-16,18-19H,17H2,1-2H3,(H2,28,29,30,31,32,34);2-14,16H,1,15H2,(H,33,34)(H2,29,30,31,32);2-18H,1H3,(H2,27,28,29,30);2-16H,1H2,(H2,25,26,27,28,29,30)/b12-7+;;;. The number of ketones is 1. The zero-order valence-corrected chi connectivity index (χ0v) is 73.6. The summed E-state index contributed by atoms with van der Waals surface area (Å²) in [5, 5.41) is 27.4. The van der Waals surface area contributed by atoms with Gasteiger partial charge in [-0.3, -0.25) is 19.2 Å². The van der Waals surface area contributed by atoms with E-state index >= 15 is 0 Å². The second-order valence-corrected chi connectivity index (χ2v) is 29.1. The first-order chi connectivity index (χ1) is 65.9. The lowest BCUT2D eigenvalue weighted by atomic mass is 10.1. The van der Waals surface area contributed by atoms with E-state index in [1.807, 2.05) is 184 Å². The number of allylic oxidation sites excluding steroid dienone is 2. The van der Waals surface area contributed by atoms with Gasteiger partial charge in [0.25, 0.3) is 0 Å². The number of nitrogens with zero attached hydrogens (tertiary/aromatic N) is 11. The number of likely N-dealkylation sites (N-methyl/N-ethyl adjacent to an activating group) is 1. The average molecular weight is 1820 g/mol. The zero-order chi connectivity index (χ0) is 94.1. The fourth-order valence-corrected chi connectivity index (χ4v) is 12.1. The fourth-order valence-electron chi connectivity index (χ4n) is 11.9. The van der Waals surface area contributed by atoms with E-state index < -0.39 is 0 Å². The van der Waals surface area contributed by atoms with Crippen LogP contribution in [-0.4, -0.2) is 98.9 Å². The van der Waals surface area contributed by atoms with Crippen LogP contribution < -0.4 is 76.3 Å². The van der Waals surface area contributed by atoms with Crippen LogP contribution in [0.15, 0.2) is 390 Å². The van der Waals surface area contributed by atoms with Crippen molar-refractivity contribution in [3.05, 3.63) is 412 Å². The summed E-state index contributed by atoms with van der Waals surface area (Å²) in [5.41, 5.74) is 5.02. The van der Waals surface area contributed by atoms with Crippen LogP contribution in [-0.2, 0) is 21.0 Å². The van der Waals surface area contributed by atoms with E-state index in [4.69, 9.17) is 40.0 Å². The van der Waals surface area contributed by atoms with Crippen molar-refractivity contribution in [1.29, 1.82) is 0 Å². The molecule has 6 heterocycles. The number of para-hydroxylation sites is 3. The number of hydrogen-bond donors (Lipinski definition) is 9. The molecule has 0 saturated heterocycles. The van der Waals surface area contributed by atoms with E-state index in [0.29, 0.717) is 133 Å². The van der Waals surface area contributed by atoms with Gasteiger partial charge in [-0.25, -0.2) is 54.2 Å². The van der Waals surface area contributed by atoms with Gasteiger partial charge in [-0.15, -0.1) is 0 Å². The van der Waals surface area contributed by atoms with Crippen LogP contribution in [0.1, 0.15) is 22.8 Å². The van der Waals surface area contributed by atoms with Crippen LogP contribution in [0, 0.1) is 5.82 Å². The summed E-state index contributed by atoms with van der Waals surface area (Å²) in [7, 11) is 3.86. The summed E-state index contributed by atoms with van der Waals surface area (Å²) in [6, 6.07) is 94.0. The smallest absolute Gasteiger partial charge is 0.249 e. The number of rotatable bonds is 35. The molecule has 0 unspecified atom stereocenters. The van der Waals surface area contributed by atoms with Gasteiger partial charge >= 0.3 is 0 Å². The van der Waals surface area contributed by atoms with Crippen LogP contribution in [0.2, 0.25) is 5.02 Å². The molecular formula is C103H88ClFN20O10. The van der Waals surface area contributed by atoms with E-state index in [-0.39, 0.29) is 35.9 Å². The van der Waals surface area contributed by atoms with Gasteiger partial charge < -0.3 is 81.2 Å². The third-order valence-electron chi connectivity index (χ3n) is 18.0. The minimum absolute atomic E-state index is 0.0408. The minimum Gasteiger partial charge on any atom is -0.487 e. The molecule has 0 fully saturated rings. The molecule has 9 N–H and O–H groups in total. The van der Waals surface area contributed by atoms with Gasteiger partial charge in [0.2, 0.25) is 29.5 Å². The summed E-state index contributed by atoms with van der Waals surface area (Å²) in [5.74, 6) is 10.8. The quantitative estimate of drug-likeness (QED) is 0.0132. The van der Waals surface area contributed by atoms with E-state index in [0.717, 1.165) is 40.1 Å². The summed E-state index contributed by atoms with van der Waals surface area (Å²) in [4.78, 5) is 91.5. The number of carbonyl (C=O) groups is 4. The molecule has 0 bridgehead atoms. The Bertz CT molecular complexity index is 6720. The highest BCUT2D eigenvalue weighted by atomic mass is 35.5. The lowest BCUT2D eigenvalue weighted by Gasteiger charge is -2.12. The number of benzene rings is 10. The second-order valence-electron chi connectivity index (χ2n) is 28.7. The summed E-state index contributed by atoms with van der Waals surface area (Å²) in [6.45, 7) is 9.56. The molecular weight excluding hydrogens is 1730 g/mol. The predicted molar refractivity (Wildman–Crippen MR) is 524 cm³/mol. The number of aromatic nitrogens is 10. The van der Waals surface area contributed by atoms with Crippen molar-refractivity contribution in [3.63, 3.8) is 0 Å². The number of carbonyl (C=O) groups excluding carboxylic acids is 4. The largest absolute Gasteiger partial charge is 0.487 e. The van der Waals surface area contributed by atoms with Crippen LogP contribution in [0.5, 0.6) is 63.5 Å². The molecule has 6 aromatic heterocycles. The molecule has 135 heavy (non-hydrogen) atoms. The SMILES string of the molecule is C=CC(=O)Nc1cccc(Nc2cc(Nc3ccc(OCc4cccc(F)c4)c(Cl)c3)ncn2)c1.C=CC(=O)Nc1cccc(Nc2cc(Oc3ccc(Oc4ccccc4)cc3)ncn2)n1.CC=CC(=O)c1cccc(Nc2cc(Nc3ccc(Oc4ccccc4)cc3)ncn2)c1.CN(C)C/C=C/C(=O)Nc1cccc(Nc2cc(Oc3ccc(Oc4ccccc4)cc3)ncn2)n1.